The zero-order valence-electron chi connectivity index (χ0n) is 14.2. The summed E-state index contributed by atoms with van der Waals surface area (Å²) in [4.78, 5) is 16.3. The fraction of sp³-hybridized carbons (Fsp3) is 0.611. The van der Waals surface area contributed by atoms with Gasteiger partial charge in [0.05, 0.1) is 6.61 Å². The Morgan fingerprint density at radius 3 is 2.35 bits per heavy atom. The predicted octanol–water partition coefficient (Wildman–Crippen LogP) is 1.54. The molecule has 1 aliphatic rings. The van der Waals surface area contributed by atoms with E-state index in [2.05, 4.69) is 18.7 Å². The van der Waals surface area contributed by atoms with Gasteiger partial charge >= 0.3 is 0 Å². The Hall–Kier alpha value is -1.59. The molecule has 0 bridgehead atoms. The van der Waals surface area contributed by atoms with Gasteiger partial charge in [-0.15, -0.1) is 0 Å². The lowest BCUT2D eigenvalue weighted by Crippen LogP contribution is -2.53. The third-order valence-electron chi connectivity index (χ3n) is 4.56. The second kappa shape index (κ2) is 8.89. The molecule has 1 N–H and O–H groups in total. The van der Waals surface area contributed by atoms with Gasteiger partial charge in [0.1, 0.15) is 5.75 Å². The van der Waals surface area contributed by atoms with Gasteiger partial charge in [0.25, 0.3) is 5.91 Å². The number of benzene rings is 1. The van der Waals surface area contributed by atoms with Crippen molar-refractivity contribution < 1.29 is 14.6 Å². The SMILES string of the molecule is CCc1ccc(OCC(=O)N2CCN(C(CC)CO)CC2)cc1. The van der Waals surface area contributed by atoms with Crippen molar-refractivity contribution in [1.82, 2.24) is 9.80 Å². The Morgan fingerprint density at radius 1 is 1.17 bits per heavy atom. The molecule has 0 aliphatic carbocycles. The van der Waals surface area contributed by atoms with Crippen LogP contribution in [0.2, 0.25) is 0 Å². The van der Waals surface area contributed by atoms with Crippen molar-refractivity contribution in [2.45, 2.75) is 32.7 Å². The smallest absolute Gasteiger partial charge is 0.260 e. The van der Waals surface area contributed by atoms with E-state index in [4.69, 9.17) is 4.74 Å². The third kappa shape index (κ3) is 4.94. The summed E-state index contributed by atoms with van der Waals surface area (Å²) in [5, 5.41) is 9.36. The number of carbonyl (C=O) groups is 1. The Kier molecular flexibility index (Phi) is 6.86. The number of carbonyl (C=O) groups excluding carboxylic acids is 1. The number of rotatable bonds is 7. The van der Waals surface area contributed by atoms with Gasteiger partial charge in [0, 0.05) is 32.2 Å². The summed E-state index contributed by atoms with van der Waals surface area (Å²) in [6, 6.07) is 8.09. The van der Waals surface area contributed by atoms with E-state index in [0.29, 0.717) is 13.1 Å². The molecular formula is C18H28N2O3. The quantitative estimate of drug-likeness (QED) is 0.828. The summed E-state index contributed by atoms with van der Waals surface area (Å²) in [5.74, 6) is 0.766. The first-order chi connectivity index (χ1) is 11.2. The molecule has 1 heterocycles. The summed E-state index contributed by atoms with van der Waals surface area (Å²) < 4.78 is 5.59. The van der Waals surface area contributed by atoms with Crippen LogP contribution in [0.3, 0.4) is 0 Å². The van der Waals surface area contributed by atoms with Crippen LogP contribution in [0.4, 0.5) is 0 Å². The van der Waals surface area contributed by atoms with Gasteiger partial charge < -0.3 is 14.7 Å². The van der Waals surface area contributed by atoms with Gasteiger partial charge in [-0.1, -0.05) is 26.0 Å². The highest BCUT2D eigenvalue weighted by Crippen LogP contribution is 2.13. The Labute approximate surface area is 138 Å². The van der Waals surface area contributed by atoms with Crippen LogP contribution in [0.5, 0.6) is 5.75 Å². The number of aliphatic hydroxyl groups excluding tert-OH is 1. The number of aryl methyl sites for hydroxylation is 1. The van der Waals surface area contributed by atoms with Crippen LogP contribution in [0.25, 0.3) is 0 Å². The number of aliphatic hydroxyl groups is 1. The molecule has 1 saturated heterocycles. The zero-order chi connectivity index (χ0) is 16.7. The standard InChI is InChI=1S/C18H28N2O3/c1-3-15-5-7-17(8-6-15)23-14-18(22)20-11-9-19(10-12-20)16(4-2)13-21/h5-8,16,21H,3-4,9-14H2,1-2H3. The highest BCUT2D eigenvalue weighted by Gasteiger charge is 2.24. The molecule has 2 rings (SSSR count). The molecular weight excluding hydrogens is 292 g/mol. The molecule has 1 amide bonds. The summed E-state index contributed by atoms with van der Waals surface area (Å²) in [6.45, 7) is 7.49. The lowest BCUT2D eigenvalue weighted by atomic mass is 10.1. The van der Waals surface area contributed by atoms with Gasteiger partial charge in [-0.25, -0.2) is 0 Å². The molecule has 23 heavy (non-hydrogen) atoms. The maximum absolute atomic E-state index is 12.2. The molecule has 128 valence electrons. The van der Waals surface area contributed by atoms with Crippen molar-refractivity contribution >= 4 is 5.91 Å². The number of nitrogens with zero attached hydrogens (tertiary/aromatic N) is 2. The van der Waals surface area contributed by atoms with E-state index in [0.717, 1.165) is 31.7 Å². The first-order valence-corrected chi connectivity index (χ1v) is 8.52. The summed E-state index contributed by atoms with van der Waals surface area (Å²) >= 11 is 0. The normalized spacial score (nSPS) is 17.1. The van der Waals surface area contributed by atoms with Gasteiger partial charge in [-0.3, -0.25) is 9.69 Å². The molecule has 0 aromatic heterocycles. The molecule has 1 aliphatic heterocycles. The average molecular weight is 320 g/mol. The molecule has 0 spiro atoms. The minimum absolute atomic E-state index is 0.0289. The second-order valence-corrected chi connectivity index (χ2v) is 5.95. The average Bonchev–Trinajstić information content (AvgIpc) is 2.61. The molecule has 1 atom stereocenters. The van der Waals surface area contributed by atoms with Crippen molar-refractivity contribution in [3.05, 3.63) is 29.8 Å². The van der Waals surface area contributed by atoms with Crippen molar-refractivity contribution in [2.75, 3.05) is 39.4 Å². The first-order valence-electron chi connectivity index (χ1n) is 8.52. The summed E-state index contributed by atoms with van der Waals surface area (Å²) in [7, 11) is 0. The van der Waals surface area contributed by atoms with Crippen molar-refractivity contribution in [3.8, 4) is 5.75 Å². The highest BCUT2D eigenvalue weighted by atomic mass is 16.5. The molecule has 5 heteroatoms. The summed E-state index contributed by atoms with van der Waals surface area (Å²) in [6.07, 6.45) is 1.93. The molecule has 5 nitrogen and oxygen atoms in total. The highest BCUT2D eigenvalue weighted by molar-refractivity contribution is 5.77. The van der Waals surface area contributed by atoms with E-state index in [9.17, 15) is 9.90 Å². The number of ether oxygens (including phenoxy) is 1. The largest absolute Gasteiger partial charge is 0.484 e. The molecule has 0 saturated carbocycles. The molecule has 1 aromatic carbocycles. The van der Waals surface area contributed by atoms with Crippen LogP contribution in [0.1, 0.15) is 25.8 Å². The van der Waals surface area contributed by atoms with Crippen LogP contribution in [-0.4, -0.2) is 66.2 Å². The Morgan fingerprint density at radius 2 is 1.83 bits per heavy atom. The maximum atomic E-state index is 12.2. The summed E-state index contributed by atoms with van der Waals surface area (Å²) in [5.41, 5.74) is 1.26. The second-order valence-electron chi connectivity index (χ2n) is 5.95. The van der Waals surface area contributed by atoms with Crippen molar-refractivity contribution in [3.63, 3.8) is 0 Å². The van der Waals surface area contributed by atoms with Crippen molar-refractivity contribution in [1.29, 1.82) is 0 Å². The van der Waals surface area contributed by atoms with Crippen LogP contribution in [-0.2, 0) is 11.2 Å². The topological polar surface area (TPSA) is 53.0 Å². The number of hydrogen-bond donors (Lipinski definition) is 1. The van der Waals surface area contributed by atoms with Crippen LogP contribution in [0.15, 0.2) is 24.3 Å². The Bertz CT molecular complexity index is 478. The molecule has 1 aromatic rings. The van der Waals surface area contributed by atoms with Crippen molar-refractivity contribution in [2.24, 2.45) is 0 Å². The minimum Gasteiger partial charge on any atom is -0.484 e. The molecule has 1 unspecified atom stereocenters. The van der Waals surface area contributed by atoms with Gasteiger partial charge in [0.15, 0.2) is 6.61 Å². The Balaban J connectivity index is 1.76. The van der Waals surface area contributed by atoms with E-state index in [1.165, 1.54) is 5.56 Å². The monoisotopic (exact) mass is 320 g/mol. The van der Waals surface area contributed by atoms with E-state index in [1.54, 1.807) is 0 Å². The number of piperazine rings is 1. The fourth-order valence-electron chi connectivity index (χ4n) is 2.90. The molecule has 0 radical (unpaired) electrons. The predicted molar refractivity (Wildman–Crippen MR) is 90.6 cm³/mol. The van der Waals surface area contributed by atoms with E-state index in [-0.39, 0.29) is 25.2 Å². The third-order valence-corrected chi connectivity index (χ3v) is 4.56. The lowest BCUT2D eigenvalue weighted by molar-refractivity contribution is -0.135. The van der Waals surface area contributed by atoms with Gasteiger partial charge in [-0.2, -0.15) is 0 Å². The number of amides is 1. The van der Waals surface area contributed by atoms with Gasteiger partial charge in [0.2, 0.25) is 0 Å². The van der Waals surface area contributed by atoms with Gasteiger partial charge in [-0.05, 0) is 30.5 Å². The first kappa shape index (κ1) is 17.8. The van der Waals surface area contributed by atoms with Crippen LogP contribution in [0, 0.1) is 0 Å². The maximum Gasteiger partial charge on any atom is 0.260 e. The minimum atomic E-state index is 0.0289. The molecule has 1 fully saturated rings. The zero-order valence-corrected chi connectivity index (χ0v) is 14.2. The van der Waals surface area contributed by atoms with E-state index < -0.39 is 0 Å². The number of hydrogen-bond acceptors (Lipinski definition) is 4. The fourth-order valence-corrected chi connectivity index (χ4v) is 2.90. The van der Waals surface area contributed by atoms with Crippen LogP contribution >= 0.6 is 0 Å². The van der Waals surface area contributed by atoms with E-state index in [1.807, 2.05) is 29.2 Å². The van der Waals surface area contributed by atoms with E-state index >= 15 is 0 Å². The van der Waals surface area contributed by atoms with Crippen LogP contribution < -0.4 is 4.74 Å². The lowest BCUT2D eigenvalue weighted by Gasteiger charge is -2.38.